The summed E-state index contributed by atoms with van der Waals surface area (Å²) < 4.78 is 23.9. The third-order valence-corrected chi connectivity index (χ3v) is 2.40. The summed E-state index contributed by atoms with van der Waals surface area (Å²) in [4.78, 5) is 23.3. The van der Waals surface area contributed by atoms with Crippen LogP contribution in [-0.4, -0.2) is 30.8 Å². The quantitative estimate of drug-likeness (QED) is 0.473. The van der Waals surface area contributed by atoms with Crippen LogP contribution in [-0.2, 0) is 19.1 Å². The summed E-state index contributed by atoms with van der Waals surface area (Å²) in [5.74, 6) is -2.25. The minimum atomic E-state index is -2.65. The first-order chi connectivity index (χ1) is 8.52. The minimum absolute atomic E-state index is 0.109. The zero-order valence-electron chi connectivity index (χ0n) is 11.5. The molecule has 0 unspecified atom stereocenters. The Kier molecular flexibility index (Phi) is 8.33. The molecule has 0 bridgehead atoms. The highest BCUT2D eigenvalue weighted by atomic mass is 19.1. The monoisotopic (exact) mass is 262 g/mol. The van der Waals surface area contributed by atoms with Crippen molar-refractivity contribution in [3.8, 4) is 0 Å². The molecule has 0 saturated carbocycles. The molecule has 4 nitrogen and oxygen atoms in total. The molecule has 0 aliphatic carbocycles. The van der Waals surface area contributed by atoms with Crippen molar-refractivity contribution in [2.75, 3.05) is 13.2 Å². The lowest BCUT2D eigenvalue weighted by Crippen LogP contribution is -2.45. The van der Waals surface area contributed by atoms with Gasteiger partial charge in [0.2, 0.25) is 0 Å². The highest BCUT2D eigenvalue weighted by molar-refractivity contribution is 6.03. The summed E-state index contributed by atoms with van der Waals surface area (Å²) in [6.07, 6.45) is 2.10. The number of ether oxygens (including phenoxy) is 2. The summed E-state index contributed by atoms with van der Waals surface area (Å²) >= 11 is 0. The average molecular weight is 262 g/mol. The van der Waals surface area contributed by atoms with Gasteiger partial charge in [-0.15, -0.1) is 0 Å². The Morgan fingerprint density at radius 1 is 0.944 bits per heavy atom. The summed E-state index contributed by atoms with van der Waals surface area (Å²) in [5.41, 5.74) is -2.65. The van der Waals surface area contributed by atoms with Crippen LogP contribution in [0.4, 0.5) is 4.39 Å². The van der Waals surface area contributed by atoms with Crippen molar-refractivity contribution in [3.05, 3.63) is 0 Å². The van der Waals surface area contributed by atoms with Crippen LogP contribution in [0.3, 0.4) is 0 Å². The van der Waals surface area contributed by atoms with E-state index in [9.17, 15) is 14.0 Å². The molecule has 18 heavy (non-hydrogen) atoms. The Morgan fingerprint density at radius 3 is 1.72 bits per heavy atom. The Labute approximate surface area is 108 Å². The van der Waals surface area contributed by atoms with E-state index in [2.05, 4.69) is 0 Å². The van der Waals surface area contributed by atoms with Crippen molar-refractivity contribution >= 4 is 11.9 Å². The van der Waals surface area contributed by atoms with Gasteiger partial charge >= 0.3 is 17.6 Å². The van der Waals surface area contributed by atoms with Crippen LogP contribution in [0.25, 0.3) is 0 Å². The van der Waals surface area contributed by atoms with Gasteiger partial charge in [-0.25, -0.2) is 14.0 Å². The zero-order chi connectivity index (χ0) is 14.0. The predicted molar refractivity (Wildman–Crippen MR) is 65.9 cm³/mol. The number of halogens is 1. The second kappa shape index (κ2) is 8.89. The van der Waals surface area contributed by atoms with E-state index in [1.54, 1.807) is 13.8 Å². The second-order valence-electron chi connectivity index (χ2n) is 4.18. The minimum Gasteiger partial charge on any atom is -0.463 e. The van der Waals surface area contributed by atoms with Gasteiger partial charge in [0.25, 0.3) is 0 Å². The van der Waals surface area contributed by atoms with Crippen molar-refractivity contribution in [2.45, 2.75) is 58.5 Å². The molecule has 0 spiro atoms. The van der Waals surface area contributed by atoms with Gasteiger partial charge in [-0.05, 0) is 19.3 Å². The predicted octanol–water partition coefficient (Wildman–Crippen LogP) is 2.79. The Balaban J connectivity index is 4.68. The normalized spacial score (nSPS) is 11.1. The molecule has 0 fully saturated rings. The number of carbonyl (C=O) groups excluding carboxylic acids is 2. The molecule has 0 radical (unpaired) electrons. The number of hydrogen-bond donors (Lipinski definition) is 0. The fourth-order valence-corrected chi connectivity index (χ4v) is 1.33. The third-order valence-electron chi connectivity index (χ3n) is 2.40. The third kappa shape index (κ3) is 5.02. The molecule has 0 atom stereocenters. The van der Waals surface area contributed by atoms with Gasteiger partial charge in [-0.1, -0.05) is 27.2 Å². The van der Waals surface area contributed by atoms with Gasteiger partial charge in [0.15, 0.2) is 0 Å². The Morgan fingerprint density at radius 2 is 1.39 bits per heavy atom. The molecule has 0 aliphatic rings. The zero-order valence-corrected chi connectivity index (χ0v) is 11.5. The Hall–Kier alpha value is -1.13. The maximum absolute atomic E-state index is 14.5. The van der Waals surface area contributed by atoms with Gasteiger partial charge in [0.1, 0.15) is 0 Å². The molecule has 0 aromatic heterocycles. The molecule has 0 amide bonds. The van der Waals surface area contributed by atoms with Crippen molar-refractivity contribution in [2.24, 2.45) is 0 Å². The van der Waals surface area contributed by atoms with E-state index in [4.69, 9.17) is 9.47 Å². The van der Waals surface area contributed by atoms with Crippen LogP contribution in [0.5, 0.6) is 0 Å². The van der Waals surface area contributed by atoms with Crippen LogP contribution in [0.2, 0.25) is 0 Å². The highest BCUT2D eigenvalue weighted by Gasteiger charge is 2.49. The van der Waals surface area contributed by atoms with Gasteiger partial charge in [-0.3, -0.25) is 0 Å². The smallest absolute Gasteiger partial charge is 0.355 e. The number of esters is 2. The number of hydrogen-bond acceptors (Lipinski definition) is 4. The molecule has 0 aromatic rings. The molecule has 0 aromatic carbocycles. The summed E-state index contributed by atoms with van der Waals surface area (Å²) in [6, 6.07) is 0. The summed E-state index contributed by atoms with van der Waals surface area (Å²) in [7, 11) is 0. The molecule has 5 heteroatoms. The van der Waals surface area contributed by atoms with Crippen molar-refractivity contribution in [1.29, 1.82) is 0 Å². The second-order valence-corrected chi connectivity index (χ2v) is 4.18. The fraction of sp³-hybridized carbons (Fsp3) is 0.846. The molecule has 0 aliphatic heterocycles. The summed E-state index contributed by atoms with van der Waals surface area (Å²) in [6.45, 7) is 5.67. The van der Waals surface area contributed by atoms with Gasteiger partial charge < -0.3 is 9.47 Å². The van der Waals surface area contributed by atoms with Crippen LogP contribution < -0.4 is 0 Å². The number of unbranched alkanes of at least 4 members (excludes halogenated alkanes) is 1. The lowest BCUT2D eigenvalue weighted by atomic mass is 9.99. The highest BCUT2D eigenvalue weighted by Crippen LogP contribution is 2.23. The van der Waals surface area contributed by atoms with Crippen molar-refractivity contribution in [1.82, 2.24) is 0 Å². The maximum Gasteiger partial charge on any atom is 0.355 e. The first kappa shape index (κ1) is 16.9. The van der Waals surface area contributed by atoms with E-state index < -0.39 is 17.6 Å². The number of rotatable bonds is 9. The number of alkyl halides is 1. The van der Waals surface area contributed by atoms with E-state index in [-0.39, 0.29) is 19.6 Å². The molecule has 0 heterocycles. The first-order valence-electron chi connectivity index (χ1n) is 6.56. The van der Waals surface area contributed by atoms with Crippen LogP contribution in [0.15, 0.2) is 0 Å². The Bertz CT molecular complexity index is 246. The molecule has 0 rings (SSSR count). The molecular weight excluding hydrogens is 239 g/mol. The SMILES string of the molecule is CCCCC(F)(C(=O)OCCC)C(=O)OCCC. The van der Waals surface area contributed by atoms with Crippen LogP contribution in [0, 0.1) is 0 Å². The van der Waals surface area contributed by atoms with Crippen molar-refractivity contribution in [3.63, 3.8) is 0 Å². The van der Waals surface area contributed by atoms with Gasteiger partial charge in [-0.2, -0.15) is 0 Å². The first-order valence-corrected chi connectivity index (χ1v) is 6.56. The fourth-order valence-electron chi connectivity index (χ4n) is 1.33. The molecule has 0 N–H and O–H groups in total. The van der Waals surface area contributed by atoms with E-state index in [1.165, 1.54) is 0 Å². The van der Waals surface area contributed by atoms with Crippen molar-refractivity contribution < 1.29 is 23.5 Å². The standard InChI is InChI=1S/C13H23FO4/c1-4-7-8-13(14,11(15)17-9-5-2)12(16)18-10-6-3/h4-10H2,1-3H3. The largest absolute Gasteiger partial charge is 0.463 e. The van der Waals surface area contributed by atoms with Gasteiger partial charge in [0.05, 0.1) is 13.2 Å². The van der Waals surface area contributed by atoms with E-state index in [0.717, 1.165) is 0 Å². The lowest BCUT2D eigenvalue weighted by molar-refractivity contribution is -0.175. The number of carbonyl (C=O) groups is 2. The van der Waals surface area contributed by atoms with E-state index in [0.29, 0.717) is 25.7 Å². The van der Waals surface area contributed by atoms with Gasteiger partial charge in [0, 0.05) is 6.42 Å². The molecule has 0 saturated heterocycles. The summed E-state index contributed by atoms with van der Waals surface area (Å²) in [5, 5.41) is 0. The topological polar surface area (TPSA) is 52.6 Å². The lowest BCUT2D eigenvalue weighted by Gasteiger charge is -2.21. The average Bonchev–Trinajstić information content (AvgIpc) is 2.38. The van der Waals surface area contributed by atoms with Crippen LogP contribution in [0.1, 0.15) is 52.9 Å². The van der Waals surface area contributed by atoms with Crippen LogP contribution >= 0.6 is 0 Å². The molecule has 106 valence electrons. The van der Waals surface area contributed by atoms with E-state index >= 15 is 0 Å². The maximum atomic E-state index is 14.5. The molecular formula is C13H23FO4. The van der Waals surface area contributed by atoms with E-state index in [1.807, 2.05) is 6.92 Å².